The summed E-state index contributed by atoms with van der Waals surface area (Å²) in [7, 11) is 7.10. The van der Waals surface area contributed by atoms with Gasteiger partial charge >= 0.3 is 112 Å². The summed E-state index contributed by atoms with van der Waals surface area (Å²) in [6.45, 7) is 2.22. The zero-order chi connectivity index (χ0) is 12.1. The second-order valence-electron chi connectivity index (χ2n) is 4.28. The van der Waals surface area contributed by atoms with Crippen molar-refractivity contribution in [3.05, 3.63) is 60.7 Å². The number of halogens is 1. The molecule has 0 N–H and O–H groups in total. The van der Waals surface area contributed by atoms with E-state index in [-0.39, 0.29) is 0 Å². The van der Waals surface area contributed by atoms with Crippen LogP contribution >= 0.6 is 8.92 Å². The van der Waals surface area contributed by atoms with Gasteiger partial charge in [0, 0.05) is 0 Å². The second-order valence-corrected chi connectivity index (χ2v) is 17.9. The predicted octanol–water partition coefficient (Wildman–Crippen LogP) is 3.40. The SMILES string of the molecule is CC[CH2][Sn]([Cl])([c]1ccccc1)[c]1ccccc1. The zero-order valence-electron chi connectivity index (χ0n) is 10.1. The van der Waals surface area contributed by atoms with Gasteiger partial charge in [-0.15, -0.1) is 0 Å². The molecule has 0 amide bonds. The van der Waals surface area contributed by atoms with Crippen LogP contribution in [-0.4, -0.2) is 17.3 Å². The maximum atomic E-state index is 7.10. The van der Waals surface area contributed by atoms with Crippen molar-refractivity contribution < 1.29 is 0 Å². The molecule has 0 fully saturated rings. The Kier molecular flexibility index (Phi) is 4.52. The number of hydrogen-bond acceptors (Lipinski definition) is 0. The van der Waals surface area contributed by atoms with Crippen LogP contribution in [0.25, 0.3) is 0 Å². The minimum atomic E-state index is -2.87. The first-order valence-corrected chi connectivity index (χ1v) is 14.6. The fraction of sp³-hybridized carbons (Fsp3) is 0.200. The third-order valence-corrected chi connectivity index (χ3v) is 17.8. The molecule has 88 valence electrons. The summed E-state index contributed by atoms with van der Waals surface area (Å²) in [4.78, 5) is 0. The molecular formula is C15H17ClSn. The first-order valence-electron chi connectivity index (χ1n) is 6.07. The average molecular weight is 351 g/mol. The molecule has 0 radical (unpaired) electrons. The number of hydrogen-bond donors (Lipinski definition) is 0. The Morgan fingerprint density at radius 1 is 0.824 bits per heavy atom. The number of rotatable bonds is 4. The molecule has 0 atom stereocenters. The van der Waals surface area contributed by atoms with E-state index in [1.807, 2.05) is 0 Å². The van der Waals surface area contributed by atoms with Crippen molar-refractivity contribution in [3.8, 4) is 0 Å². The molecule has 0 saturated heterocycles. The van der Waals surface area contributed by atoms with Gasteiger partial charge in [0.1, 0.15) is 0 Å². The summed E-state index contributed by atoms with van der Waals surface area (Å²) < 4.78 is 3.93. The summed E-state index contributed by atoms with van der Waals surface area (Å²) in [6.07, 6.45) is 1.16. The van der Waals surface area contributed by atoms with Gasteiger partial charge in [-0.1, -0.05) is 0 Å². The summed E-state index contributed by atoms with van der Waals surface area (Å²) in [5.74, 6) is 0. The summed E-state index contributed by atoms with van der Waals surface area (Å²) in [5.41, 5.74) is 0. The predicted molar refractivity (Wildman–Crippen MR) is 78.9 cm³/mol. The van der Waals surface area contributed by atoms with Gasteiger partial charge in [-0.25, -0.2) is 0 Å². The Balaban J connectivity index is 2.47. The van der Waals surface area contributed by atoms with Gasteiger partial charge in [-0.3, -0.25) is 0 Å². The van der Waals surface area contributed by atoms with Crippen LogP contribution in [0.4, 0.5) is 0 Å². The Morgan fingerprint density at radius 2 is 1.24 bits per heavy atom. The minimum absolute atomic E-state index is 1.16. The third kappa shape index (κ3) is 2.86. The average Bonchev–Trinajstić information content (AvgIpc) is 2.41. The van der Waals surface area contributed by atoms with E-state index in [1.165, 1.54) is 7.16 Å². The summed E-state index contributed by atoms with van der Waals surface area (Å²) >= 11 is -2.87. The molecular weight excluding hydrogens is 334 g/mol. The summed E-state index contributed by atoms with van der Waals surface area (Å²) in [5, 5.41) is 0. The van der Waals surface area contributed by atoms with Crippen molar-refractivity contribution in [3.63, 3.8) is 0 Å². The second kappa shape index (κ2) is 5.92. The molecule has 17 heavy (non-hydrogen) atoms. The first-order chi connectivity index (χ1) is 8.27. The van der Waals surface area contributed by atoms with Gasteiger partial charge in [-0.2, -0.15) is 0 Å². The topological polar surface area (TPSA) is 0 Å². The molecule has 0 bridgehead atoms. The molecule has 2 aromatic carbocycles. The first kappa shape index (κ1) is 13.0. The van der Waals surface area contributed by atoms with Crippen molar-refractivity contribution in [2.24, 2.45) is 0 Å². The Hall–Kier alpha value is -0.471. The summed E-state index contributed by atoms with van der Waals surface area (Å²) in [6, 6.07) is 21.3. The Bertz CT molecular complexity index is 413. The normalized spacial score (nSPS) is 11.4. The molecule has 0 aliphatic carbocycles. The van der Waals surface area contributed by atoms with Crippen LogP contribution in [0.15, 0.2) is 60.7 Å². The van der Waals surface area contributed by atoms with Crippen LogP contribution in [-0.2, 0) is 0 Å². The van der Waals surface area contributed by atoms with Gasteiger partial charge in [-0.05, 0) is 0 Å². The van der Waals surface area contributed by atoms with Crippen molar-refractivity contribution in [2.45, 2.75) is 17.8 Å². The fourth-order valence-corrected chi connectivity index (χ4v) is 13.8. The van der Waals surface area contributed by atoms with Crippen LogP contribution < -0.4 is 7.16 Å². The van der Waals surface area contributed by atoms with E-state index in [0.29, 0.717) is 0 Å². The molecule has 0 heterocycles. The van der Waals surface area contributed by atoms with E-state index < -0.39 is 17.3 Å². The van der Waals surface area contributed by atoms with E-state index in [4.69, 9.17) is 8.92 Å². The van der Waals surface area contributed by atoms with Gasteiger partial charge in [0.25, 0.3) is 0 Å². The van der Waals surface area contributed by atoms with Crippen molar-refractivity contribution in [1.29, 1.82) is 0 Å². The third-order valence-electron chi connectivity index (χ3n) is 3.06. The van der Waals surface area contributed by atoms with Crippen LogP contribution in [0.3, 0.4) is 0 Å². The van der Waals surface area contributed by atoms with Crippen molar-refractivity contribution >= 4 is 33.3 Å². The molecule has 0 nitrogen and oxygen atoms in total. The maximum absolute atomic E-state index is 7.10. The standard InChI is InChI=1S/2C6H5.C3H7.ClH.Sn/c2*1-2-4-6-5-3-1;1-3-2;;/h2*1-5H;1,3H2,2H3;1H;/q;;;;+1/p-1. The van der Waals surface area contributed by atoms with Crippen LogP contribution in [0.5, 0.6) is 0 Å². The van der Waals surface area contributed by atoms with Crippen molar-refractivity contribution in [2.75, 3.05) is 0 Å². The molecule has 2 rings (SSSR count). The Labute approximate surface area is 111 Å². The zero-order valence-corrected chi connectivity index (χ0v) is 13.7. The molecule has 2 heteroatoms. The molecule has 0 spiro atoms. The van der Waals surface area contributed by atoms with E-state index in [0.717, 1.165) is 10.9 Å². The van der Waals surface area contributed by atoms with E-state index in [2.05, 4.69) is 67.6 Å². The van der Waals surface area contributed by atoms with Crippen LogP contribution in [0.1, 0.15) is 13.3 Å². The molecule has 0 saturated carbocycles. The molecule has 0 aromatic heterocycles. The van der Waals surface area contributed by atoms with Crippen LogP contribution in [0.2, 0.25) is 4.44 Å². The monoisotopic (exact) mass is 352 g/mol. The van der Waals surface area contributed by atoms with Crippen molar-refractivity contribution in [1.82, 2.24) is 0 Å². The quantitative estimate of drug-likeness (QED) is 0.741. The number of benzene rings is 2. The van der Waals surface area contributed by atoms with E-state index in [9.17, 15) is 0 Å². The molecule has 2 aromatic rings. The van der Waals surface area contributed by atoms with Gasteiger partial charge in [0.2, 0.25) is 0 Å². The molecule has 0 unspecified atom stereocenters. The van der Waals surface area contributed by atoms with Gasteiger partial charge in [0.15, 0.2) is 0 Å². The van der Waals surface area contributed by atoms with Gasteiger partial charge < -0.3 is 0 Å². The van der Waals surface area contributed by atoms with Crippen LogP contribution in [0, 0.1) is 0 Å². The molecule has 0 aliphatic rings. The fourth-order valence-electron chi connectivity index (χ4n) is 2.20. The van der Waals surface area contributed by atoms with E-state index in [1.54, 1.807) is 0 Å². The molecule has 0 aliphatic heterocycles. The Morgan fingerprint density at radius 3 is 1.59 bits per heavy atom. The van der Waals surface area contributed by atoms with Gasteiger partial charge in [0.05, 0.1) is 0 Å². The van der Waals surface area contributed by atoms with E-state index >= 15 is 0 Å².